The van der Waals surface area contributed by atoms with Crippen LogP contribution in [0.4, 0.5) is 0 Å². The van der Waals surface area contributed by atoms with Gasteiger partial charge in [-0.1, -0.05) is 29.8 Å². The molecule has 1 aliphatic carbocycles. The highest BCUT2D eigenvalue weighted by molar-refractivity contribution is 14.1. The van der Waals surface area contributed by atoms with Gasteiger partial charge in [0.25, 0.3) is 5.56 Å². The van der Waals surface area contributed by atoms with E-state index in [1.807, 2.05) is 22.6 Å². The maximum Gasteiger partial charge on any atom is 0.328 e. The zero-order chi connectivity index (χ0) is 17.6. The molecule has 1 saturated carbocycles. The Morgan fingerprint density at radius 1 is 1.24 bits per heavy atom. The molecule has 5 nitrogen and oxygen atoms in total. The number of benzene rings is 1. The van der Waals surface area contributed by atoms with Gasteiger partial charge in [-0.25, -0.2) is 4.79 Å². The molecule has 2 atom stereocenters. The summed E-state index contributed by atoms with van der Waals surface area (Å²) in [5.41, 5.74) is 2.55. The second-order valence-electron chi connectivity index (χ2n) is 7.44. The lowest BCUT2D eigenvalue weighted by Gasteiger charge is -2.21. The maximum absolute atomic E-state index is 11.8. The highest BCUT2D eigenvalue weighted by Gasteiger charge is 2.60. The fraction of sp³-hybridized carbons (Fsp3) is 0.474. The lowest BCUT2D eigenvalue weighted by molar-refractivity contribution is 0.287. The zero-order valence-corrected chi connectivity index (χ0v) is 16.5. The minimum atomic E-state index is -0.314. The molecule has 1 aromatic carbocycles. The van der Waals surface area contributed by atoms with Gasteiger partial charge in [0.15, 0.2) is 0 Å². The van der Waals surface area contributed by atoms with Crippen molar-refractivity contribution in [3.8, 4) is 0 Å². The molecule has 1 unspecified atom stereocenters. The van der Waals surface area contributed by atoms with Crippen LogP contribution in [-0.2, 0) is 12.0 Å². The second-order valence-corrected chi connectivity index (χ2v) is 8.60. The number of fused-ring (bicyclic) bond motifs is 1. The molecule has 1 aromatic heterocycles. The van der Waals surface area contributed by atoms with E-state index >= 15 is 0 Å². The number of halogens is 1. The number of hydrogen-bond acceptors (Lipinski definition) is 3. The second kappa shape index (κ2) is 6.39. The molecule has 2 aliphatic rings. The fourth-order valence-electron chi connectivity index (χ4n) is 4.20. The average Bonchev–Trinajstić information content (AvgIpc) is 3.15. The van der Waals surface area contributed by atoms with Gasteiger partial charge in [-0.05, 0) is 60.4 Å². The SMILES string of the molecule is Cc1ccc([C@]23CC2CN(CCCn2cc(I)c(=O)[nH]c2=O)C3)cc1. The summed E-state index contributed by atoms with van der Waals surface area (Å²) in [6.45, 7) is 6.05. The molecule has 0 radical (unpaired) electrons. The van der Waals surface area contributed by atoms with Crippen LogP contribution in [0.25, 0.3) is 0 Å². The highest BCUT2D eigenvalue weighted by atomic mass is 127. The molecular formula is C19H22IN3O2. The third kappa shape index (κ3) is 3.21. The maximum atomic E-state index is 11.8. The molecular weight excluding hydrogens is 429 g/mol. The summed E-state index contributed by atoms with van der Waals surface area (Å²) in [5, 5.41) is 0. The Balaban J connectivity index is 1.35. The van der Waals surface area contributed by atoms with Gasteiger partial charge < -0.3 is 4.90 Å². The first-order valence-corrected chi connectivity index (χ1v) is 9.85. The first kappa shape index (κ1) is 17.0. The van der Waals surface area contributed by atoms with Crippen LogP contribution in [0.3, 0.4) is 0 Å². The van der Waals surface area contributed by atoms with Crippen molar-refractivity contribution in [2.45, 2.75) is 31.7 Å². The van der Waals surface area contributed by atoms with Crippen LogP contribution in [0.15, 0.2) is 40.1 Å². The van der Waals surface area contributed by atoms with Gasteiger partial charge >= 0.3 is 5.69 Å². The third-order valence-corrected chi connectivity index (χ3v) is 6.45. The molecule has 1 N–H and O–H groups in total. The quantitative estimate of drug-likeness (QED) is 0.709. The van der Waals surface area contributed by atoms with Gasteiger partial charge in [0.05, 0.1) is 3.57 Å². The number of rotatable bonds is 5. The molecule has 1 aliphatic heterocycles. The van der Waals surface area contributed by atoms with Gasteiger partial charge in [-0.15, -0.1) is 0 Å². The molecule has 0 spiro atoms. The Morgan fingerprint density at radius 3 is 2.76 bits per heavy atom. The summed E-state index contributed by atoms with van der Waals surface area (Å²) < 4.78 is 2.16. The molecule has 2 heterocycles. The summed E-state index contributed by atoms with van der Waals surface area (Å²) in [4.78, 5) is 28.1. The Labute approximate surface area is 160 Å². The van der Waals surface area contributed by atoms with E-state index in [0.29, 0.717) is 15.5 Å². The molecule has 2 fully saturated rings. The van der Waals surface area contributed by atoms with Crippen molar-refractivity contribution < 1.29 is 0 Å². The van der Waals surface area contributed by atoms with Crippen molar-refractivity contribution in [1.29, 1.82) is 0 Å². The van der Waals surface area contributed by atoms with Crippen LogP contribution in [0, 0.1) is 16.4 Å². The number of hydrogen-bond donors (Lipinski definition) is 1. The van der Waals surface area contributed by atoms with Crippen molar-refractivity contribution >= 4 is 22.6 Å². The fourth-order valence-corrected chi connectivity index (χ4v) is 4.67. The number of likely N-dealkylation sites (tertiary alicyclic amines) is 1. The van der Waals surface area contributed by atoms with Crippen molar-refractivity contribution in [2.75, 3.05) is 19.6 Å². The van der Waals surface area contributed by atoms with E-state index in [4.69, 9.17) is 0 Å². The Hall–Kier alpha value is -1.41. The number of piperidine rings is 1. The first-order chi connectivity index (χ1) is 12.0. The van der Waals surface area contributed by atoms with E-state index in [1.165, 1.54) is 17.5 Å². The predicted octanol–water partition coefficient (Wildman–Crippen LogP) is 2.11. The van der Waals surface area contributed by atoms with E-state index in [0.717, 1.165) is 32.0 Å². The topological polar surface area (TPSA) is 58.1 Å². The molecule has 25 heavy (non-hydrogen) atoms. The smallest absolute Gasteiger partial charge is 0.302 e. The summed E-state index contributed by atoms with van der Waals surface area (Å²) in [6, 6.07) is 9.01. The van der Waals surface area contributed by atoms with E-state index in [1.54, 1.807) is 10.8 Å². The highest BCUT2D eigenvalue weighted by Crippen LogP contribution is 2.58. The van der Waals surface area contributed by atoms with Crippen molar-refractivity contribution in [1.82, 2.24) is 14.5 Å². The standard InChI is InChI=1S/C19H22IN3O2/c1-13-3-5-14(6-4-13)19-9-15(19)10-22(12-19)7-2-8-23-11-16(20)17(24)21-18(23)25/h3-6,11,15H,2,7-10,12H2,1H3,(H,21,24,25)/t15?,19-/m1/s1. The summed E-state index contributed by atoms with van der Waals surface area (Å²) in [7, 11) is 0. The van der Waals surface area contributed by atoms with Crippen LogP contribution in [0.5, 0.6) is 0 Å². The van der Waals surface area contributed by atoms with Crippen LogP contribution >= 0.6 is 22.6 Å². The zero-order valence-electron chi connectivity index (χ0n) is 14.3. The van der Waals surface area contributed by atoms with Crippen molar-refractivity contribution in [3.63, 3.8) is 0 Å². The van der Waals surface area contributed by atoms with Gasteiger partial charge in [-0.2, -0.15) is 0 Å². The first-order valence-electron chi connectivity index (χ1n) is 8.77. The number of nitrogens with one attached hydrogen (secondary N) is 1. The minimum absolute atomic E-state index is 0.304. The van der Waals surface area contributed by atoms with E-state index in [9.17, 15) is 9.59 Å². The van der Waals surface area contributed by atoms with E-state index in [-0.39, 0.29) is 11.2 Å². The molecule has 0 amide bonds. The number of H-pyrrole nitrogens is 1. The monoisotopic (exact) mass is 451 g/mol. The van der Waals surface area contributed by atoms with Gasteiger partial charge in [0.1, 0.15) is 0 Å². The molecule has 2 aromatic rings. The number of aromatic nitrogens is 2. The largest absolute Gasteiger partial charge is 0.328 e. The summed E-state index contributed by atoms with van der Waals surface area (Å²) >= 11 is 1.96. The molecule has 132 valence electrons. The number of nitrogens with zero attached hydrogens (tertiary/aromatic N) is 2. The Morgan fingerprint density at radius 2 is 2.00 bits per heavy atom. The summed E-state index contributed by atoms with van der Waals surface area (Å²) in [5.74, 6) is 0.784. The average molecular weight is 451 g/mol. The van der Waals surface area contributed by atoms with Crippen LogP contribution < -0.4 is 11.2 Å². The number of aryl methyl sites for hydroxylation is 2. The molecule has 1 saturated heterocycles. The van der Waals surface area contributed by atoms with Gasteiger partial charge in [-0.3, -0.25) is 14.3 Å². The van der Waals surface area contributed by atoms with Crippen LogP contribution in [-0.4, -0.2) is 34.1 Å². The third-order valence-electron chi connectivity index (χ3n) is 5.68. The Kier molecular flexibility index (Phi) is 4.35. The van der Waals surface area contributed by atoms with Gasteiger partial charge in [0, 0.05) is 31.2 Å². The van der Waals surface area contributed by atoms with Crippen molar-refractivity contribution in [3.05, 3.63) is 66.0 Å². The van der Waals surface area contributed by atoms with E-state index < -0.39 is 0 Å². The van der Waals surface area contributed by atoms with E-state index in [2.05, 4.69) is 41.1 Å². The molecule has 6 heteroatoms. The molecule has 0 bridgehead atoms. The minimum Gasteiger partial charge on any atom is -0.302 e. The predicted molar refractivity (Wildman–Crippen MR) is 106 cm³/mol. The van der Waals surface area contributed by atoms with Crippen molar-refractivity contribution in [2.24, 2.45) is 5.92 Å². The van der Waals surface area contributed by atoms with Crippen LogP contribution in [0.2, 0.25) is 0 Å². The lowest BCUT2D eigenvalue weighted by atomic mass is 9.94. The summed E-state index contributed by atoms with van der Waals surface area (Å²) in [6.07, 6.45) is 3.87. The van der Waals surface area contributed by atoms with Crippen LogP contribution in [0.1, 0.15) is 24.0 Å². The number of aromatic amines is 1. The van der Waals surface area contributed by atoms with Gasteiger partial charge in [0.2, 0.25) is 0 Å². The molecule has 4 rings (SSSR count). The Bertz CT molecular complexity index is 902. The lowest BCUT2D eigenvalue weighted by Crippen LogP contribution is -2.33. The normalized spacial score (nSPS) is 25.1.